The molecule has 0 aromatic heterocycles. The number of benzene rings is 1. The number of hydrogen-bond acceptors (Lipinski definition) is 2. The van der Waals surface area contributed by atoms with Gasteiger partial charge in [-0.15, -0.1) is 0 Å². The van der Waals surface area contributed by atoms with Crippen molar-refractivity contribution in [2.45, 2.75) is 58.7 Å². The molecule has 1 aliphatic rings. The normalized spacial score (nSPS) is 28.9. The van der Waals surface area contributed by atoms with E-state index in [1.165, 1.54) is 6.42 Å². The lowest BCUT2D eigenvalue weighted by Crippen LogP contribution is -2.28. The number of aliphatic hydroxyl groups excluding tert-OH is 1. The maximum atomic E-state index is 9.77. The third kappa shape index (κ3) is 3.97. The summed E-state index contributed by atoms with van der Waals surface area (Å²) >= 11 is 0. The van der Waals surface area contributed by atoms with Gasteiger partial charge in [0.15, 0.2) is 0 Å². The van der Waals surface area contributed by atoms with Crippen LogP contribution in [0.15, 0.2) is 24.3 Å². The van der Waals surface area contributed by atoms with Crippen LogP contribution in [0.2, 0.25) is 0 Å². The first kappa shape index (κ1) is 14.4. The van der Waals surface area contributed by atoms with E-state index in [-0.39, 0.29) is 6.10 Å². The summed E-state index contributed by atoms with van der Waals surface area (Å²) in [6, 6.07) is 7.91. The van der Waals surface area contributed by atoms with Crippen molar-refractivity contribution < 1.29 is 9.84 Å². The second-order valence-corrected chi connectivity index (χ2v) is 6.15. The first-order valence-electron chi connectivity index (χ1n) is 7.53. The van der Waals surface area contributed by atoms with Gasteiger partial charge in [-0.05, 0) is 55.2 Å². The Balaban J connectivity index is 1.95. The van der Waals surface area contributed by atoms with Crippen LogP contribution in [0.4, 0.5) is 0 Å². The van der Waals surface area contributed by atoms with Crippen molar-refractivity contribution in [3.63, 3.8) is 0 Å². The average Bonchev–Trinajstić information content (AvgIpc) is 2.37. The molecular formula is C17H26O2. The molecule has 3 atom stereocenters. The molecule has 1 aliphatic carbocycles. The summed E-state index contributed by atoms with van der Waals surface area (Å²) in [5.41, 5.74) is 0.972. The summed E-state index contributed by atoms with van der Waals surface area (Å²) < 4.78 is 6.08. The van der Waals surface area contributed by atoms with E-state index in [2.05, 4.69) is 13.8 Å². The van der Waals surface area contributed by atoms with Crippen LogP contribution in [0.1, 0.15) is 58.1 Å². The van der Waals surface area contributed by atoms with Gasteiger partial charge in [-0.1, -0.05) is 32.9 Å². The van der Waals surface area contributed by atoms with E-state index in [9.17, 15) is 5.11 Å². The lowest BCUT2D eigenvalue weighted by molar-refractivity contribution is 0.101. The van der Waals surface area contributed by atoms with Crippen LogP contribution < -0.4 is 4.74 Å². The number of hydrogen-bond donors (Lipinski definition) is 1. The van der Waals surface area contributed by atoms with Gasteiger partial charge in [0.05, 0.1) is 12.2 Å². The zero-order valence-electron chi connectivity index (χ0n) is 12.3. The Hall–Kier alpha value is -1.02. The Kier molecular flexibility index (Phi) is 4.87. The van der Waals surface area contributed by atoms with Gasteiger partial charge < -0.3 is 9.84 Å². The standard InChI is InChI=1S/C17H26O2/c1-4-17(18)14-5-7-15(8-6-14)19-16-10-12(2)9-13(3)11-16/h5-8,12-13,16-18H,4,9-11H2,1-3H3. The molecule has 0 amide bonds. The molecule has 3 unspecified atom stereocenters. The van der Waals surface area contributed by atoms with Crippen molar-refractivity contribution in [1.29, 1.82) is 0 Å². The molecule has 0 saturated heterocycles. The molecule has 2 rings (SSSR count). The molecule has 2 nitrogen and oxygen atoms in total. The zero-order chi connectivity index (χ0) is 13.8. The lowest BCUT2D eigenvalue weighted by atomic mass is 9.82. The number of aliphatic hydroxyl groups is 1. The van der Waals surface area contributed by atoms with E-state index in [0.717, 1.165) is 42.4 Å². The highest BCUT2D eigenvalue weighted by Gasteiger charge is 2.25. The van der Waals surface area contributed by atoms with Crippen molar-refractivity contribution in [2.24, 2.45) is 11.8 Å². The second-order valence-electron chi connectivity index (χ2n) is 6.15. The quantitative estimate of drug-likeness (QED) is 0.875. The SMILES string of the molecule is CCC(O)c1ccc(OC2CC(C)CC(C)C2)cc1. The van der Waals surface area contributed by atoms with Crippen LogP contribution in [0.5, 0.6) is 5.75 Å². The molecule has 1 saturated carbocycles. The van der Waals surface area contributed by atoms with Crippen LogP contribution >= 0.6 is 0 Å². The Bertz CT molecular complexity index is 375. The van der Waals surface area contributed by atoms with Gasteiger partial charge in [-0.3, -0.25) is 0 Å². The van der Waals surface area contributed by atoms with Crippen molar-refractivity contribution in [3.8, 4) is 5.75 Å². The molecule has 0 heterocycles. The van der Waals surface area contributed by atoms with Crippen LogP contribution in [-0.4, -0.2) is 11.2 Å². The van der Waals surface area contributed by atoms with E-state index >= 15 is 0 Å². The smallest absolute Gasteiger partial charge is 0.119 e. The third-order valence-electron chi connectivity index (χ3n) is 4.09. The van der Waals surface area contributed by atoms with Crippen LogP contribution in [0.3, 0.4) is 0 Å². The minimum Gasteiger partial charge on any atom is -0.490 e. The number of ether oxygens (including phenoxy) is 1. The van der Waals surface area contributed by atoms with Crippen LogP contribution in [0.25, 0.3) is 0 Å². The molecule has 0 bridgehead atoms. The monoisotopic (exact) mass is 262 g/mol. The maximum absolute atomic E-state index is 9.77. The van der Waals surface area contributed by atoms with Gasteiger partial charge in [0, 0.05) is 0 Å². The second kappa shape index (κ2) is 6.42. The van der Waals surface area contributed by atoms with E-state index in [1.54, 1.807) is 0 Å². The maximum Gasteiger partial charge on any atom is 0.119 e. The van der Waals surface area contributed by atoms with Gasteiger partial charge in [0.2, 0.25) is 0 Å². The van der Waals surface area contributed by atoms with Crippen molar-refractivity contribution in [1.82, 2.24) is 0 Å². The van der Waals surface area contributed by atoms with Gasteiger partial charge in [-0.25, -0.2) is 0 Å². The van der Waals surface area contributed by atoms with Crippen molar-refractivity contribution in [3.05, 3.63) is 29.8 Å². The Labute approximate surface area is 116 Å². The summed E-state index contributed by atoms with van der Waals surface area (Å²) in [4.78, 5) is 0. The highest BCUT2D eigenvalue weighted by Crippen LogP contribution is 2.31. The molecule has 106 valence electrons. The van der Waals surface area contributed by atoms with E-state index in [4.69, 9.17) is 4.74 Å². The zero-order valence-corrected chi connectivity index (χ0v) is 12.3. The molecule has 19 heavy (non-hydrogen) atoms. The summed E-state index contributed by atoms with van der Waals surface area (Å²) in [6.07, 6.45) is 4.37. The minimum absolute atomic E-state index is 0.348. The Morgan fingerprint density at radius 2 is 1.68 bits per heavy atom. The molecule has 0 radical (unpaired) electrons. The van der Waals surface area contributed by atoms with Gasteiger partial charge in [0.1, 0.15) is 5.75 Å². The Morgan fingerprint density at radius 3 is 2.21 bits per heavy atom. The summed E-state index contributed by atoms with van der Waals surface area (Å²) in [5, 5.41) is 9.77. The first-order chi connectivity index (χ1) is 9.08. The molecule has 2 heteroatoms. The highest BCUT2D eigenvalue weighted by atomic mass is 16.5. The van der Waals surface area contributed by atoms with Crippen LogP contribution in [-0.2, 0) is 0 Å². The molecule has 1 N–H and O–H groups in total. The third-order valence-corrected chi connectivity index (χ3v) is 4.09. The molecule has 1 aromatic carbocycles. The highest BCUT2D eigenvalue weighted by molar-refractivity contribution is 5.28. The summed E-state index contributed by atoms with van der Waals surface area (Å²) in [6.45, 7) is 6.61. The predicted molar refractivity (Wildman–Crippen MR) is 78.3 cm³/mol. The van der Waals surface area contributed by atoms with Crippen molar-refractivity contribution in [2.75, 3.05) is 0 Å². The predicted octanol–water partition coefficient (Wildman–Crippen LogP) is 4.33. The molecular weight excluding hydrogens is 236 g/mol. The van der Waals surface area contributed by atoms with E-state index < -0.39 is 0 Å². The molecule has 0 spiro atoms. The molecule has 1 fully saturated rings. The van der Waals surface area contributed by atoms with Gasteiger partial charge >= 0.3 is 0 Å². The average molecular weight is 262 g/mol. The molecule has 0 aliphatic heterocycles. The fourth-order valence-corrected chi connectivity index (χ4v) is 3.17. The summed E-state index contributed by atoms with van der Waals surface area (Å²) in [7, 11) is 0. The lowest BCUT2D eigenvalue weighted by Gasteiger charge is -2.31. The number of rotatable bonds is 4. The Morgan fingerprint density at radius 1 is 1.11 bits per heavy atom. The largest absolute Gasteiger partial charge is 0.490 e. The molecule has 1 aromatic rings. The minimum atomic E-state index is -0.358. The van der Waals surface area contributed by atoms with Crippen molar-refractivity contribution >= 4 is 0 Å². The fraction of sp³-hybridized carbons (Fsp3) is 0.647. The topological polar surface area (TPSA) is 29.5 Å². The van der Waals surface area contributed by atoms with Gasteiger partial charge in [-0.2, -0.15) is 0 Å². The fourth-order valence-electron chi connectivity index (χ4n) is 3.17. The van der Waals surface area contributed by atoms with Crippen LogP contribution in [0, 0.1) is 11.8 Å². The van der Waals surface area contributed by atoms with E-state index in [1.807, 2.05) is 31.2 Å². The first-order valence-corrected chi connectivity index (χ1v) is 7.53. The van der Waals surface area contributed by atoms with E-state index in [0.29, 0.717) is 6.10 Å². The van der Waals surface area contributed by atoms with Gasteiger partial charge in [0.25, 0.3) is 0 Å². The summed E-state index contributed by atoms with van der Waals surface area (Å²) in [5.74, 6) is 2.45.